The molecule has 0 radical (unpaired) electrons. The van der Waals surface area contributed by atoms with Crippen LogP contribution in [0.1, 0.15) is 53.9 Å². The van der Waals surface area contributed by atoms with Crippen molar-refractivity contribution in [1.29, 1.82) is 0 Å². The summed E-state index contributed by atoms with van der Waals surface area (Å²) in [6, 6.07) is 0. The predicted octanol–water partition coefficient (Wildman–Crippen LogP) is 4.31. The lowest BCUT2D eigenvalue weighted by Gasteiger charge is -2.13. The van der Waals surface area contributed by atoms with E-state index in [0.29, 0.717) is 6.61 Å². The largest absolute Gasteiger partial charge is 0.462 e. The van der Waals surface area contributed by atoms with Crippen molar-refractivity contribution in [1.82, 2.24) is 0 Å². The van der Waals surface area contributed by atoms with Crippen LogP contribution in [0.4, 0.5) is 0 Å². The average Bonchev–Trinajstić information content (AvgIpc) is 2.76. The number of hydrogen-bond donors (Lipinski definition) is 0. The first-order chi connectivity index (χ1) is 8.77. The predicted molar refractivity (Wildman–Crippen MR) is 77.9 cm³/mol. The number of fused-ring (bicyclic) bond motifs is 1. The highest BCUT2D eigenvalue weighted by atomic mass is 32.2. The Hall–Kier alpha value is -0.480. The molecule has 0 aromatic carbocycles. The normalized spacial score (nSPS) is 14.3. The van der Waals surface area contributed by atoms with E-state index in [0.717, 1.165) is 23.5 Å². The minimum Gasteiger partial charge on any atom is -0.462 e. The van der Waals surface area contributed by atoms with Gasteiger partial charge in [-0.1, -0.05) is 6.92 Å². The number of thioether (sulfide) groups is 1. The Morgan fingerprint density at radius 2 is 2.00 bits per heavy atom. The SMILES string of the molecule is CCCSc1sc(C(=O)OCC)c2c1CCCC2. The molecule has 0 saturated heterocycles. The van der Waals surface area contributed by atoms with Crippen molar-refractivity contribution in [3.8, 4) is 0 Å². The second kappa shape index (κ2) is 6.62. The lowest BCUT2D eigenvalue weighted by molar-refractivity contribution is 0.0530. The molecule has 0 amide bonds. The van der Waals surface area contributed by atoms with Gasteiger partial charge in [-0.25, -0.2) is 4.79 Å². The highest BCUT2D eigenvalue weighted by Crippen LogP contribution is 2.40. The van der Waals surface area contributed by atoms with E-state index in [1.165, 1.54) is 34.6 Å². The molecule has 1 aliphatic rings. The summed E-state index contributed by atoms with van der Waals surface area (Å²) in [5.74, 6) is 1.01. The van der Waals surface area contributed by atoms with Gasteiger partial charge in [0, 0.05) is 0 Å². The van der Waals surface area contributed by atoms with Gasteiger partial charge in [0.15, 0.2) is 0 Å². The van der Waals surface area contributed by atoms with Crippen LogP contribution in [0.5, 0.6) is 0 Å². The number of rotatable bonds is 5. The second-order valence-electron chi connectivity index (χ2n) is 4.45. The molecule has 1 aromatic heterocycles. The summed E-state index contributed by atoms with van der Waals surface area (Å²) in [4.78, 5) is 12.8. The van der Waals surface area contributed by atoms with Crippen molar-refractivity contribution < 1.29 is 9.53 Å². The monoisotopic (exact) mass is 284 g/mol. The molecule has 0 saturated carbocycles. The van der Waals surface area contributed by atoms with Crippen LogP contribution in [0, 0.1) is 0 Å². The number of hydrogen-bond acceptors (Lipinski definition) is 4. The molecule has 2 rings (SSSR count). The number of esters is 1. The molecular formula is C14H20O2S2. The molecule has 100 valence electrons. The standard InChI is InChI=1S/C14H20O2S2/c1-3-9-17-14-11-8-6-5-7-10(11)12(18-14)13(15)16-4-2/h3-9H2,1-2H3. The van der Waals surface area contributed by atoms with Gasteiger partial charge < -0.3 is 4.74 Å². The van der Waals surface area contributed by atoms with Crippen LogP contribution < -0.4 is 0 Å². The van der Waals surface area contributed by atoms with Gasteiger partial charge in [-0.05, 0) is 55.9 Å². The van der Waals surface area contributed by atoms with Crippen LogP contribution in [0.2, 0.25) is 0 Å². The Balaban J connectivity index is 2.28. The van der Waals surface area contributed by atoms with Crippen LogP contribution in [0.25, 0.3) is 0 Å². The maximum Gasteiger partial charge on any atom is 0.348 e. The van der Waals surface area contributed by atoms with Crippen LogP contribution in [-0.2, 0) is 17.6 Å². The Morgan fingerprint density at radius 3 is 2.67 bits per heavy atom. The summed E-state index contributed by atoms with van der Waals surface area (Å²) in [5.41, 5.74) is 2.72. The van der Waals surface area contributed by atoms with Crippen molar-refractivity contribution >= 4 is 29.1 Å². The number of ether oxygens (including phenoxy) is 1. The van der Waals surface area contributed by atoms with E-state index < -0.39 is 0 Å². The molecule has 1 heterocycles. The average molecular weight is 284 g/mol. The Labute approximate surface area is 117 Å². The van der Waals surface area contributed by atoms with Gasteiger partial charge in [-0.15, -0.1) is 23.1 Å². The molecule has 0 spiro atoms. The zero-order chi connectivity index (χ0) is 13.0. The summed E-state index contributed by atoms with van der Waals surface area (Å²) < 4.78 is 6.53. The molecule has 0 bridgehead atoms. The Morgan fingerprint density at radius 1 is 1.28 bits per heavy atom. The third-order valence-electron chi connectivity index (χ3n) is 3.08. The molecule has 1 aliphatic carbocycles. The highest BCUT2D eigenvalue weighted by molar-refractivity contribution is 8.01. The van der Waals surface area contributed by atoms with Gasteiger partial charge in [0.05, 0.1) is 10.8 Å². The van der Waals surface area contributed by atoms with Crippen molar-refractivity contribution in [3.05, 3.63) is 16.0 Å². The first kappa shape index (κ1) is 13.9. The summed E-state index contributed by atoms with van der Waals surface area (Å²) in [7, 11) is 0. The first-order valence-electron chi connectivity index (χ1n) is 6.72. The minimum absolute atomic E-state index is 0.121. The van der Waals surface area contributed by atoms with E-state index >= 15 is 0 Å². The summed E-state index contributed by atoms with van der Waals surface area (Å²) >= 11 is 3.55. The Kier molecular flexibility index (Phi) is 5.13. The fraction of sp³-hybridized carbons (Fsp3) is 0.643. The van der Waals surface area contributed by atoms with E-state index in [9.17, 15) is 4.79 Å². The third kappa shape index (κ3) is 2.91. The molecule has 1 aromatic rings. The van der Waals surface area contributed by atoms with Gasteiger partial charge in [-0.3, -0.25) is 0 Å². The molecule has 0 atom stereocenters. The topological polar surface area (TPSA) is 26.3 Å². The van der Waals surface area contributed by atoms with E-state index in [1.807, 2.05) is 18.7 Å². The zero-order valence-electron chi connectivity index (χ0n) is 11.1. The van der Waals surface area contributed by atoms with Crippen molar-refractivity contribution in [2.24, 2.45) is 0 Å². The molecule has 2 nitrogen and oxygen atoms in total. The first-order valence-corrected chi connectivity index (χ1v) is 8.52. The smallest absolute Gasteiger partial charge is 0.348 e. The third-order valence-corrected chi connectivity index (χ3v) is 5.85. The summed E-state index contributed by atoms with van der Waals surface area (Å²) in [6.07, 6.45) is 5.82. The van der Waals surface area contributed by atoms with Crippen LogP contribution in [0.15, 0.2) is 4.21 Å². The zero-order valence-corrected chi connectivity index (χ0v) is 12.7. The lowest BCUT2D eigenvalue weighted by atomic mass is 9.94. The summed E-state index contributed by atoms with van der Waals surface area (Å²) in [5, 5.41) is 0. The van der Waals surface area contributed by atoms with E-state index in [4.69, 9.17) is 4.74 Å². The van der Waals surface area contributed by atoms with Crippen LogP contribution >= 0.6 is 23.1 Å². The van der Waals surface area contributed by atoms with Crippen molar-refractivity contribution in [2.45, 2.75) is 50.2 Å². The van der Waals surface area contributed by atoms with Gasteiger partial charge in [-0.2, -0.15) is 0 Å². The van der Waals surface area contributed by atoms with Gasteiger partial charge in [0.1, 0.15) is 4.88 Å². The molecule has 0 aliphatic heterocycles. The minimum atomic E-state index is -0.121. The molecule has 0 N–H and O–H groups in total. The molecular weight excluding hydrogens is 264 g/mol. The maximum atomic E-state index is 12.0. The number of carbonyl (C=O) groups excluding carboxylic acids is 1. The van der Waals surface area contributed by atoms with E-state index in [2.05, 4.69) is 6.92 Å². The van der Waals surface area contributed by atoms with Crippen LogP contribution in [0.3, 0.4) is 0 Å². The van der Waals surface area contributed by atoms with Crippen molar-refractivity contribution in [3.63, 3.8) is 0 Å². The molecule has 4 heteroatoms. The lowest BCUT2D eigenvalue weighted by Crippen LogP contribution is -2.08. The van der Waals surface area contributed by atoms with Crippen molar-refractivity contribution in [2.75, 3.05) is 12.4 Å². The fourth-order valence-electron chi connectivity index (χ4n) is 2.27. The maximum absolute atomic E-state index is 12.0. The van der Waals surface area contributed by atoms with Gasteiger partial charge >= 0.3 is 5.97 Å². The Bertz CT molecular complexity index is 424. The highest BCUT2D eigenvalue weighted by Gasteiger charge is 2.25. The second-order valence-corrected chi connectivity index (χ2v) is 6.84. The number of carbonyl (C=O) groups is 1. The van der Waals surface area contributed by atoms with Gasteiger partial charge in [0.2, 0.25) is 0 Å². The fourth-order valence-corrected chi connectivity index (χ4v) is 4.82. The van der Waals surface area contributed by atoms with E-state index in [1.54, 1.807) is 11.3 Å². The quantitative estimate of drug-likeness (QED) is 0.595. The van der Waals surface area contributed by atoms with Crippen LogP contribution in [-0.4, -0.2) is 18.3 Å². The van der Waals surface area contributed by atoms with Gasteiger partial charge in [0.25, 0.3) is 0 Å². The molecule has 0 unspecified atom stereocenters. The molecule has 0 fully saturated rings. The molecule has 18 heavy (non-hydrogen) atoms. The summed E-state index contributed by atoms with van der Waals surface area (Å²) in [6.45, 7) is 4.52. The van der Waals surface area contributed by atoms with E-state index in [-0.39, 0.29) is 5.97 Å². The number of thiophene rings is 1.